The number of thioether (sulfide) groups is 1. The zero-order valence-corrected chi connectivity index (χ0v) is 19.5. The SMILES string of the molecule is Nn1c(SCC(=O)N(C2CCCCC2)[C@@H]2CCS(=O)(=O)C2)nnc1-c1ccccc1Cl. The second kappa shape index (κ2) is 9.38. The van der Waals surface area contributed by atoms with Gasteiger partial charge in [0.15, 0.2) is 15.7 Å². The van der Waals surface area contributed by atoms with E-state index in [0.717, 1.165) is 32.1 Å². The van der Waals surface area contributed by atoms with Crippen molar-refractivity contribution in [2.24, 2.45) is 0 Å². The van der Waals surface area contributed by atoms with Crippen LogP contribution in [0.3, 0.4) is 0 Å². The van der Waals surface area contributed by atoms with Crippen molar-refractivity contribution in [3.8, 4) is 11.4 Å². The minimum absolute atomic E-state index is 0.0592. The molecule has 168 valence electrons. The normalized spacial score (nSPS) is 21.3. The number of aromatic nitrogens is 3. The molecule has 2 N–H and O–H groups in total. The van der Waals surface area contributed by atoms with E-state index in [1.54, 1.807) is 12.1 Å². The number of nitrogens with two attached hydrogens (primary N) is 1. The van der Waals surface area contributed by atoms with Crippen molar-refractivity contribution < 1.29 is 13.2 Å². The molecule has 1 saturated carbocycles. The molecule has 1 aliphatic heterocycles. The third-order valence-corrected chi connectivity index (χ3v) is 8.97. The largest absolute Gasteiger partial charge is 0.335 e. The van der Waals surface area contributed by atoms with Crippen LogP contribution in [0.1, 0.15) is 38.5 Å². The highest BCUT2D eigenvalue weighted by molar-refractivity contribution is 7.99. The van der Waals surface area contributed by atoms with Gasteiger partial charge in [0, 0.05) is 17.6 Å². The van der Waals surface area contributed by atoms with E-state index in [1.165, 1.54) is 16.4 Å². The second-order valence-corrected chi connectivity index (χ2v) is 11.7. The molecular formula is C20H26ClN5O3S2. The highest BCUT2D eigenvalue weighted by Gasteiger charge is 2.38. The van der Waals surface area contributed by atoms with Crippen LogP contribution < -0.4 is 5.84 Å². The summed E-state index contributed by atoms with van der Waals surface area (Å²) in [6.07, 6.45) is 5.67. The molecule has 1 aromatic heterocycles. The van der Waals surface area contributed by atoms with Crippen molar-refractivity contribution in [1.29, 1.82) is 0 Å². The predicted molar refractivity (Wildman–Crippen MR) is 122 cm³/mol. The number of benzene rings is 1. The Morgan fingerprint density at radius 2 is 1.90 bits per heavy atom. The van der Waals surface area contributed by atoms with Crippen LogP contribution in [0.2, 0.25) is 5.02 Å². The average molecular weight is 484 g/mol. The van der Waals surface area contributed by atoms with Gasteiger partial charge < -0.3 is 10.7 Å². The first kappa shape index (κ1) is 22.4. The molecule has 31 heavy (non-hydrogen) atoms. The Kier molecular flexibility index (Phi) is 6.78. The van der Waals surface area contributed by atoms with E-state index in [2.05, 4.69) is 10.2 Å². The lowest BCUT2D eigenvalue weighted by molar-refractivity contribution is -0.133. The molecule has 0 unspecified atom stereocenters. The summed E-state index contributed by atoms with van der Waals surface area (Å²) in [5, 5.41) is 9.18. The minimum atomic E-state index is -3.08. The number of hydrogen-bond acceptors (Lipinski definition) is 7. The Morgan fingerprint density at radius 3 is 2.58 bits per heavy atom. The van der Waals surface area contributed by atoms with Crippen LogP contribution in [0.25, 0.3) is 11.4 Å². The van der Waals surface area contributed by atoms with Gasteiger partial charge in [-0.15, -0.1) is 10.2 Å². The van der Waals surface area contributed by atoms with Gasteiger partial charge in [0.25, 0.3) is 0 Å². The fourth-order valence-electron chi connectivity index (χ4n) is 4.46. The van der Waals surface area contributed by atoms with E-state index < -0.39 is 9.84 Å². The van der Waals surface area contributed by atoms with Gasteiger partial charge in [-0.05, 0) is 31.4 Å². The third kappa shape index (κ3) is 5.01. The number of nitrogen functional groups attached to an aromatic ring is 1. The maximum absolute atomic E-state index is 13.2. The summed E-state index contributed by atoms with van der Waals surface area (Å²) in [4.78, 5) is 15.1. The Labute approximate surface area is 191 Å². The number of sulfone groups is 1. The van der Waals surface area contributed by atoms with Crippen molar-refractivity contribution in [2.75, 3.05) is 23.1 Å². The Morgan fingerprint density at radius 1 is 1.16 bits per heavy atom. The number of carbonyl (C=O) groups excluding carboxylic acids is 1. The minimum Gasteiger partial charge on any atom is -0.335 e. The number of halogens is 1. The summed E-state index contributed by atoms with van der Waals surface area (Å²) in [6.45, 7) is 0. The summed E-state index contributed by atoms with van der Waals surface area (Å²) in [5.41, 5.74) is 0.664. The van der Waals surface area contributed by atoms with E-state index in [4.69, 9.17) is 17.4 Å². The Bertz CT molecular complexity index is 1050. The van der Waals surface area contributed by atoms with E-state index >= 15 is 0 Å². The highest BCUT2D eigenvalue weighted by atomic mass is 35.5. The summed E-state index contributed by atoms with van der Waals surface area (Å²) in [7, 11) is -3.08. The molecule has 2 fully saturated rings. The molecule has 1 atom stereocenters. The smallest absolute Gasteiger partial charge is 0.233 e. The molecule has 2 aliphatic rings. The fraction of sp³-hybridized carbons (Fsp3) is 0.550. The van der Waals surface area contributed by atoms with E-state index in [0.29, 0.717) is 28.0 Å². The summed E-state index contributed by atoms with van der Waals surface area (Å²) in [6, 6.07) is 7.08. The van der Waals surface area contributed by atoms with Gasteiger partial charge in [-0.25, -0.2) is 13.1 Å². The average Bonchev–Trinajstić information content (AvgIpc) is 3.29. The van der Waals surface area contributed by atoms with Crippen LogP contribution in [-0.4, -0.2) is 63.4 Å². The highest BCUT2D eigenvalue weighted by Crippen LogP contribution is 2.31. The number of rotatable bonds is 6. The van der Waals surface area contributed by atoms with Crippen molar-refractivity contribution in [1.82, 2.24) is 19.8 Å². The molecular weight excluding hydrogens is 458 g/mol. The van der Waals surface area contributed by atoms with Gasteiger partial charge >= 0.3 is 0 Å². The third-order valence-electron chi connectivity index (χ3n) is 5.96. The number of carbonyl (C=O) groups is 1. The van der Waals surface area contributed by atoms with Gasteiger partial charge in [-0.2, -0.15) is 0 Å². The van der Waals surface area contributed by atoms with Crippen LogP contribution in [0, 0.1) is 0 Å². The predicted octanol–water partition coefficient (Wildman–Crippen LogP) is 2.75. The molecule has 1 saturated heterocycles. The molecule has 8 nitrogen and oxygen atoms in total. The van der Waals surface area contributed by atoms with Crippen LogP contribution in [0.4, 0.5) is 0 Å². The molecule has 1 aliphatic carbocycles. The number of hydrogen-bond donors (Lipinski definition) is 1. The van der Waals surface area contributed by atoms with Gasteiger partial charge in [0.2, 0.25) is 11.1 Å². The monoisotopic (exact) mass is 483 g/mol. The first-order valence-corrected chi connectivity index (χ1v) is 13.6. The van der Waals surface area contributed by atoms with Crippen LogP contribution in [0.15, 0.2) is 29.4 Å². The van der Waals surface area contributed by atoms with E-state index in [1.807, 2.05) is 17.0 Å². The summed E-state index contributed by atoms with van der Waals surface area (Å²) in [5.74, 6) is 6.87. The molecule has 1 amide bonds. The van der Waals surface area contributed by atoms with Crippen molar-refractivity contribution in [3.63, 3.8) is 0 Å². The van der Waals surface area contributed by atoms with Crippen LogP contribution in [0.5, 0.6) is 0 Å². The first-order chi connectivity index (χ1) is 14.9. The lowest BCUT2D eigenvalue weighted by atomic mass is 9.93. The second-order valence-electron chi connectivity index (χ2n) is 8.09. The van der Waals surface area contributed by atoms with Gasteiger partial charge in [0.1, 0.15) is 0 Å². The fourth-order valence-corrected chi connectivity index (χ4v) is 7.12. The van der Waals surface area contributed by atoms with Crippen LogP contribution in [-0.2, 0) is 14.6 Å². The van der Waals surface area contributed by atoms with E-state index in [9.17, 15) is 13.2 Å². The van der Waals surface area contributed by atoms with Crippen molar-refractivity contribution >= 4 is 39.1 Å². The quantitative estimate of drug-likeness (QED) is 0.496. The molecule has 2 aromatic rings. The first-order valence-electron chi connectivity index (χ1n) is 10.5. The molecule has 11 heteroatoms. The van der Waals surface area contributed by atoms with Crippen molar-refractivity contribution in [2.45, 2.75) is 55.8 Å². The zero-order chi connectivity index (χ0) is 22.0. The molecule has 0 spiro atoms. The van der Waals surface area contributed by atoms with E-state index in [-0.39, 0.29) is 35.2 Å². The molecule has 2 heterocycles. The number of nitrogens with zero attached hydrogens (tertiary/aromatic N) is 4. The van der Waals surface area contributed by atoms with Gasteiger partial charge in [-0.1, -0.05) is 54.8 Å². The van der Waals surface area contributed by atoms with Gasteiger partial charge in [-0.3, -0.25) is 4.79 Å². The summed E-state index contributed by atoms with van der Waals surface area (Å²) >= 11 is 7.45. The Balaban J connectivity index is 1.49. The van der Waals surface area contributed by atoms with Crippen LogP contribution >= 0.6 is 23.4 Å². The molecule has 0 bridgehead atoms. The molecule has 1 aromatic carbocycles. The topological polar surface area (TPSA) is 111 Å². The van der Waals surface area contributed by atoms with Crippen molar-refractivity contribution in [3.05, 3.63) is 29.3 Å². The van der Waals surface area contributed by atoms with Gasteiger partial charge in [0.05, 0.1) is 22.3 Å². The lowest BCUT2D eigenvalue weighted by Gasteiger charge is -2.38. The maximum Gasteiger partial charge on any atom is 0.233 e. The summed E-state index contributed by atoms with van der Waals surface area (Å²) < 4.78 is 25.4. The molecule has 0 radical (unpaired) electrons. The Hall–Kier alpha value is -1.78. The number of amides is 1. The maximum atomic E-state index is 13.2. The lowest BCUT2D eigenvalue weighted by Crippen LogP contribution is -2.49. The molecule has 4 rings (SSSR count). The zero-order valence-electron chi connectivity index (χ0n) is 17.1. The standard InChI is InChI=1S/C20H26ClN5O3S2/c21-17-9-5-4-8-16(17)19-23-24-20(26(19)22)30-12-18(27)25(14-6-2-1-3-7-14)15-10-11-31(28,29)13-15/h4-5,8-9,14-15H,1-3,6-7,10-13,22H2/t15-/m1/s1.